The molecule has 1 aromatic rings. The lowest BCUT2D eigenvalue weighted by molar-refractivity contribution is -0.139. The largest absolute Gasteiger partial charge is 0.480 e. The van der Waals surface area contributed by atoms with Crippen LogP contribution in [0.2, 0.25) is 0 Å². The van der Waals surface area contributed by atoms with E-state index < -0.39 is 12.0 Å². The van der Waals surface area contributed by atoms with Gasteiger partial charge in [0, 0.05) is 24.0 Å². The first kappa shape index (κ1) is 10.1. The summed E-state index contributed by atoms with van der Waals surface area (Å²) in [6.07, 6.45) is 5.45. The number of aromatic nitrogens is 1. The van der Waals surface area contributed by atoms with E-state index in [0.29, 0.717) is 6.04 Å². The van der Waals surface area contributed by atoms with E-state index in [-0.39, 0.29) is 0 Å². The normalized spacial score (nSPS) is 17.4. The molecule has 1 fully saturated rings. The summed E-state index contributed by atoms with van der Waals surface area (Å²) in [5.74, 6) is -0.835. The summed E-state index contributed by atoms with van der Waals surface area (Å²) < 4.78 is 0. The Hall–Kier alpha value is -1.42. The quantitative estimate of drug-likeness (QED) is 0.778. The van der Waals surface area contributed by atoms with Crippen LogP contribution in [0.1, 0.15) is 30.0 Å². The summed E-state index contributed by atoms with van der Waals surface area (Å²) in [4.78, 5) is 15.1. The molecule has 1 atom stereocenters. The number of pyridine rings is 1. The van der Waals surface area contributed by atoms with Crippen LogP contribution in [0.15, 0.2) is 18.5 Å². The Morgan fingerprint density at radius 2 is 2.40 bits per heavy atom. The molecule has 1 aliphatic rings. The van der Waals surface area contributed by atoms with E-state index in [0.717, 1.165) is 24.0 Å². The molecule has 2 N–H and O–H groups in total. The summed E-state index contributed by atoms with van der Waals surface area (Å²) in [6, 6.07) is 1.58. The molecule has 0 radical (unpaired) electrons. The summed E-state index contributed by atoms with van der Waals surface area (Å²) in [5.41, 5.74) is 1.72. The van der Waals surface area contributed by atoms with Gasteiger partial charge in [-0.1, -0.05) is 0 Å². The van der Waals surface area contributed by atoms with Crippen LogP contribution in [0.4, 0.5) is 0 Å². The number of hydrogen-bond acceptors (Lipinski definition) is 3. The van der Waals surface area contributed by atoms with Crippen molar-refractivity contribution in [3.63, 3.8) is 0 Å². The van der Waals surface area contributed by atoms with Gasteiger partial charge < -0.3 is 5.11 Å². The van der Waals surface area contributed by atoms with Crippen LogP contribution in [0, 0.1) is 6.92 Å². The molecule has 0 amide bonds. The van der Waals surface area contributed by atoms with Crippen molar-refractivity contribution in [2.24, 2.45) is 0 Å². The monoisotopic (exact) mass is 206 g/mol. The number of carboxylic acid groups (broad SMARTS) is 1. The van der Waals surface area contributed by atoms with E-state index in [2.05, 4.69) is 10.3 Å². The molecule has 1 saturated carbocycles. The Morgan fingerprint density at radius 3 is 2.93 bits per heavy atom. The summed E-state index contributed by atoms with van der Waals surface area (Å²) in [5, 5.41) is 12.2. The fourth-order valence-corrected chi connectivity index (χ4v) is 1.56. The minimum atomic E-state index is -0.835. The van der Waals surface area contributed by atoms with Gasteiger partial charge >= 0.3 is 5.97 Å². The summed E-state index contributed by atoms with van der Waals surface area (Å²) in [7, 11) is 0. The van der Waals surface area contributed by atoms with Gasteiger partial charge in [-0.25, -0.2) is 0 Å². The Morgan fingerprint density at radius 1 is 1.67 bits per heavy atom. The second-order valence-electron chi connectivity index (χ2n) is 3.94. The number of aryl methyl sites for hydroxylation is 1. The molecule has 80 valence electrons. The van der Waals surface area contributed by atoms with E-state index in [9.17, 15) is 4.79 Å². The van der Waals surface area contributed by atoms with E-state index in [4.69, 9.17) is 5.11 Å². The fourth-order valence-electron chi connectivity index (χ4n) is 1.56. The first-order valence-electron chi connectivity index (χ1n) is 5.08. The van der Waals surface area contributed by atoms with Crippen LogP contribution in [-0.4, -0.2) is 22.1 Å². The third-order valence-corrected chi connectivity index (χ3v) is 2.62. The number of carboxylic acids is 1. The molecule has 0 aromatic carbocycles. The molecule has 1 heterocycles. The van der Waals surface area contributed by atoms with Gasteiger partial charge in [-0.05, 0) is 31.4 Å². The highest BCUT2D eigenvalue weighted by atomic mass is 16.4. The molecule has 0 aliphatic heterocycles. The molecule has 0 bridgehead atoms. The van der Waals surface area contributed by atoms with Crippen LogP contribution in [0.25, 0.3) is 0 Å². The molecule has 2 rings (SSSR count). The topological polar surface area (TPSA) is 62.2 Å². The number of rotatable bonds is 4. The predicted octanol–water partition coefficient (Wildman–Crippen LogP) is 1.27. The molecule has 1 aliphatic carbocycles. The summed E-state index contributed by atoms with van der Waals surface area (Å²) in [6.45, 7) is 1.90. The third kappa shape index (κ3) is 2.33. The van der Waals surface area contributed by atoms with Gasteiger partial charge in [0.1, 0.15) is 6.04 Å². The first-order chi connectivity index (χ1) is 7.18. The van der Waals surface area contributed by atoms with Crippen molar-refractivity contribution in [1.82, 2.24) is 10.3 Å². The lowest BCUT2D eigenvalue weighted by Gasteiger charge is -2.15. The fraction of sp³-hybridized carbons (Fsp3) is 0.455. The Labute approximate surface area is 88.3 Å². The lowest BCUT2D eigenvalue weighted by Crippen LogP contribution is -2.30. The molecule has 1 unspecified atom stereocenters. The molecular weight excluding hydrogens is 192 g/mol. The second-order valence-corrected chi connectivity index (χ2v) is 3.94. The highest BCUT2D eigenvalue weighted by Gasteiger charge is 2.30. The van der Waals surface area contributed by atoms with Crippen molar-refractivity contribution in [2.75, 3.05) is 0 Å². The Balaban J connectivity index is 2.22. The van der Waals surface area contributed by atoms with Crippen molar-refractivity contribution < 1.29 is 9.90 Å². The van der Waals surface area contributed by atoms with Crippen molar-refractivity contribution in [3.8, 4) is 0 Å². The third-order valence-electron chi connectivity index (χ3n) is 2.62. The zero-order valence-electron chi connectivity index (χ0n) is 8.60. The van der Waals surface area contributed by atoms with Gasteiger partial charge in [-0.2, -0.15) is 0 Å². The number of hydrogen-bond donors (Lipinski definition) is 2. The predicted molar refractivity (Wildman–Crippen MR) is 55.5 cm³/mol. The van der Waals surface area contributed by atoms with E-state index >= 15 is 0 Å². The van der Waals surface area contributed by atoms with Crippen molar-refractivity contribution in [1.29, 1.82) is 0 Å². The van der Waals surface area contributed by atoms with Gasteiger partial charge in [-0.15, -0.1) is 0 Å². The van der Waals surface area contributed by atoms with E-state index in [1.807, 2.05) is 13.0 Å². The maximum absolute atomic E-state index is 11.1. The minimum absolute atomic E-state index is 0.366. The average molecular weight is 206 g/mol. The maximum atomic E-state index is 11.1. The molecule has 0 saturated heterocycles. The smallest absolute Gasteiger partial charge is 0.325 e. The Kier molecular flexibility index (Phi) is 2.68. The summed E-state index contributed by atoms with van der Waals surface area (Å²) >= 11 is 0. The van der Waals surface area contributed by atoms with Crippen LogP contribution in [0.3, 0.4) is 0 Å². The highest BCUT2D eigenvalue weighted by Crippen LogP contribution is 2.25. The standard InChI is InChI=1S/C11H14N2O2/c1-7-4-5-12-6-9(7)10(11(14)15)13-8-2-3-8/h4-6,8,10,13H,2-3H2,1H3,(H,14,15). The molecule has 1 aromatic heterocycles. The molecule has 4 nitrogen and oxygen atoms in total. The molecule has 15 heavy (non-hydrogen) atoms. The van der Waals surface area contributed by atoms with Gasteiger partial charge in [0.05, 0.1) is 0 Å². The number of aliphatic carboxylic acids is 1. The number of carbonyl (C=O) groups is 1. The molecule has 0 spiro atoms. The van der Waals surface area contributed by atoms with E-state index in [1.165, 1.54) is 0 Å². The van der Waals surface area contributed by atoms with Crippen LogP contribution >= 0.6 is 0 Å². The Bertz CT molecular complexity index is 375. The van der Waals surface area contributed by atoms with Gasteiger partial charge in [0.15, 0.2) is 0 Å². The zero-order valence-corrected chi connectivity index (χ0v) is 8.60. The van der Waals surface area contributed by atoms with Crippen LogP contribution in [-0.2, 0) is 4.79 Å². The van der Waals surface area contributed by atoms with Crippen LogP contribution < -0.4 is 5.32 Å². The number of nitrogens with zero attached hydrogens (tertiary/aromatic N) is 1. The molecular formula is C11H14N2O2. The lowest BCUT2D eigenvalue weighted by atomic mass is 10.0. The number of nitrogens with one attached hydrogen (secondary N) is 1. The van der Waals surface area contributed by atoms with Crippen molar-refractivity contribution in [2.45, 2.75) is 31.8 Å². The second kappa shape index (κ2) is 3.98. The van der Waals surface area contributed by atoms with Gasteiger partial charge in [0.2, 0.25) is 0 Å². The minimum Gasteiger partial charge on any atom is -0.480 e. The first-order valence-corrected chi connectivity index (χ1v) is 5.08. The van der Waals surface area contributed by atoms with Crippen molar-refractivity contribution in [3.05, 3.63) is 29.6 Å². The SMILES string of the molecule is Cc1ccncc1C(NC1CC1)C(=O)O. The maximum Gasteiger partial charge on any atom is 0.325 e. The van der Waals surface area contributed by atoms with Crippen molar-refractivity contribution >= 4 is 5.97 Å². The highest BCUT2D eigenvalue weighted by molar-refractivity contribution is 5.76. The van der Waals surface area contributed by atoms with Gasteiger partial charge in [-0.3, -0.25) is 15.1 Å². The zero-order chi connectivity index (χ0) is 10.8. The van der Waals surface area contributed by atoms with Gasteiger partial charge in [0.25, 0.3) is 0 Å². The average Bonchev–Trinajstić information content (AvgIpc) is 2.99. The van der Waals surface area contributed by atoms with Crippen LogP contribution in [0.5, 0.6) is 0 Å². The van der Waals surface area contributed by atoms with E-state index in [1.54, 1.807) is 12.4 Å². The molecule has 4 heteroatoms.